The SMILES string of the molecule is CS(=O)(=O)c1ccc(NC(=O)COc2ccc(F)cc2)cn1. The summed E-state index contributed by atoms with van der Waals surface area (Å²) in [6, 6.07) is 7.99. The zero-order valence-electron chi connectivity index (χ0n) is 11.6. The van der Waals surface area contributed by atoms with Gasteiger partial charge in [-0.05, 0) is 36.4 Å². The lowest BCUT2D eigenvalue weighted by Crippen LogP contribution is -2.20. The van der Waals surface area contributed by atoms with Gasteiger partial charge in [0.25, 0.3) is 5.91 Å². The van der Waals surface area contributed by atoms with Gasteiger partial charge in [0.2, 0.25) is 0 Å². The van der Waals surface area contributed by atoms with Crippen molar-refractivity contribution in [2.75, 3.05) is 18.2 Å². The summed E-state index contributed by atoms with van der Waals surface area (Å²) < 4.78 is 40.4. The average Bonchev–Trinajstić information content (AvgIpc) is 2.46. The molecule has 1 N–H and O–H groups in total. The number of carbonyl (C=O) groups is 1. The van der Waals surface area contributed by atoms with Crippen molar-refractivity contribution in [3.05, 3.63) is 48.4 Å². The molecule has 0 aliphatic heterocycles. The van der Waals surface area contributed by atoms with Gasteiger partial charge in [-0.1, -0.05) is 0 Å². The van der Waals surface area contributed by atoms with Crippen molar-refractivity contribution in [3.8, 4) is 5.75 Å². The van der Waals surface area contributed by atoms with E-state index < -0.39 is 21.6 Å². The highest BCUT2D eigenvalue weighted by Gasteiger charge is 2.09. The lowest BCUT2D eigenvalue weighted by atomic mass is 10.3. The normalized spacial score (nSPS) is 11.0. The maximum absolute atomic E-state index is 12.7. The number of halogens is 1. The van der Waals surface area contributed by atoms with Crippen molar-refractivity contribution < 1.29 is 22.3 Å². The van der Waals surface area contributed by atoms with E-state index in [0.29, 0.717) is 11.4 Å². The number of hydrogen-bond donors (Lipinski definition) is 1. The highest BCUT2D eigenvalue weighted by molar-refractivity contribution is 7.90. The van der Waals surface area contributed by atoms with Gasteiger partial charge in [-0.15, -0.1) is 0 Å². The fourth-order valence-electron chi connectivity index (χ4n) is 1.55. The molecule has 8 heteroatoms. The Hall–Kier alpha value is -2.48. The number of amides is 1. The van der Waals surface area contributed by atoms with Crippen LogP contribution < -0.4 is 10.1 Å². The van der Waals surface area contributed by atoms with Crippen LogP contribution in [0, 0.1) is 5.82 Å². The third-order valence-corrected chi connectivity index (χ3v) is 3.58. The van der Waals surface area contributed by atoms with Crippen molar-refractivity contribution in [1.29, 1.82) is 0 Å². The van der Waals surface area contributed by atoms with E-state index in [2.05, 4.69) is 10.3 Å². The van der Waals surface area contributed by atoms with Crippen molar-refractivity contribution in [3.63, 3.8) is 0 Å². The molecule has 0 aliphatic carbocycles. The smallest absolute Gasteiger partial charge is 0.262 e. The molecule has 0 bridgehead atoms. The molecule has 0 fully saturated rings. The molecule has 2 aromatic rings. The van der Waals surface area contributed by atoms with Gasteiger partial charge in [0.05, 0.1) is 11.9 Å². The zero-order chi connectivity index (χ0) is 16.2. The van der Waals surface area contributed by atoms with Crippen LogP contribution in [-0.2, 0) is 14.6 Å². The Bertz CT molecular complexity index is 758. The quantitative estimate of drug-likeness (QED) is 0.904. The Labute approximate surface area is 126 Å². The van der Waals surface area contributed by atoms with Gasteiger partial charge in [0, 0.05) is 6.26 Å². The molecule has 0 unspecified atom stereocenters. The molecule has 0 saturated heterocycles. The van der Waals surface area contributed by atoms with E-state index >= 15 is 0 Å². The van der Waals surface area contributed by atoms with Crippen molar-refractivity contribution in [1.82, 2.24) is 4.98 Å². The molecule has 0 aliphatic rings. The molecule has 22 heavy (non-hydrogen) atoms. The van der Waals surface area contributed by atoms with E-state index in [0.717, 1.165) is 6.26 Å². The summed E-state index contributed by atoms with van der Waals surface area (Å²) >= 11 is 0. The zero-order valence-corrected chi connectivity index (χ0v) is 12.4. The van der Waals surface area contributed by atoms with Gasteiger partial charge in [0.15, 0.2) is 21.5 Å². The minimum atomic E-state index is -3.38. The predicted octanol–water partition coefficient (Wildman–Crippen LogP) is 1.64. The number of nitrogens with zero attached hydrogens (tertiary/aromatic N) is 1. The Kier molecular flexibility index (Phi) is 4.71. The summed E-state index contributed by atoms with van der Waals surface area (Å²) in [7, 11) is -3.38. The van der Waals surface area contributed by atoms with Crippen LogP contribution in [0.4, 0.5) is 10.1 Å². The van der Waals surface area contributed by atoms with E-state index in [1.165, 1.54) is 42.6 Å². The fraction of sp³-hybridized carbons (Fsp3) is 0.143. The molecule has 116 valence electrons. The van der Waals surface area contributed by atoms with E-state index in [-0.39, 0.29) is 11.6 Å². The number of ether oxygens (including phenoxy) is 1. The van der Waals surface area contributed by atoms with Crippen LogP contribution in [0.5, 0.6) is 5.75 Å². The van der Waals surface area contributed by atoms with Gasteiger partial charge in [-0.3, -0.25) is 4.79 Å². The Morgan fingerprint density at radius 2 is 1.91 bits per heavy atom. The second kappa shape index (κ2) is 6.52. The molecule has 1 heterocycles. The Balaban J connectivity index is 1.90. The molecule has 6 nitrogen and oxygen atoms in total. The van der Waals surface area contributed by atoms with Gasteiger partial charge in [-0.25, -0.2) is 17.8 Å². The van der Waals surface area contributed by atoms with Crippen LogP contribution >= 0.6 is 0 Å². The number of anilines is 1. The van der Waals surface area contributed by atoms with Crippen molar-refractivity contribution in [2.45, 2.75) is 5.03 Å². The molecule has 0 radical (unpaired) electrons. The first kappa shape index (κ1) is 15.9. The Morgan fingerprint density at radius 3 is 2.45 bits per heavy atom. The predicted molar refractivity (Wildman–Crippen MR) is 77.9 cm³/mol. The number of rotatable bonds is 5. The molecule has 1 aromatic carbocycles. The van der Waals surface area contributed by atoms with Gasteiger partial charge < -0.3 is 10.1 Å². The first-order valence-corrected chi connectivity index (χ1v) is 8.08. The van der Waals surface area contributed by atoms with E-state index in [1.54, 1.807) is 0 Å². The minimum absolute atomic E-state index is 0.0759. The molecule has 0 spiro atoms. The lowest BCUT2D eigenvalue weighted by Gasteiger charge is -2.07. The number of hydrogen-bond acceptors (Lipinski definition) is 5. The summed E-state index contributed by atoms with van der Waals surface area (Å²) in [5, 5.41) is 2.43. The van der Waals surface area contributed by atoms with E-state index in [1.807, 2.05) is 0 Å². The fourth-order valence-corrected chi connectivity index (χ4v) is 2.11. The average molecular weight is 324 g/mol. The van der Waals surface area contributed by atoms with E-state index in [4.69, 9.17) is 4.74 Å². The summed E-state index contributed by atoms with van der Waals surface area (Å²) in [6.45, 7) is -0.264. The van der Waals surface area contributed by atoms with Crippen LogP contribution in [0.1, 0.15) is 0 Å². The van der Waals surface area contributed by atoms with Crippen LogP contribution in [0.3, 0.4) is 0 Å². The molecular weight excluding hydrogens is 311 g/mol. The topological polar surface area (TPSA) is 85.4 Å². The first-order chi connectivity index (χ1) is 10.3. The minimum Gasteiger partial charge on any atom is -0.484 e. The number of pyridine rings is 1. The molecule has 1 aromatic heterocycles. The lowest BCUT2D eigenvalue weighted by molar-refractivity contribution is -0.118. The van der Waals surface area contributed by atoms with Crippen LogP contribution in [0.15, 0.2) is 47.6 Å². The maximum atomic E-state index is 12.7. The summed E-state index contributed by atoms with van der Waals surface area (Å²) in [5.41, 5.74) is 0.347. The molecule has 2 rings (SSSR count). The molecular formula is C14H13FN2O4S. The standard InChI is InChI=1S/C14H13FN2O4S/c1-22(19,20)14-7-4-11(8-16-14)17-13(18)9-21-12-5-2-10(15)3-6-12/h2-8H,9H2,1H3,(H,17,18). The van der Waals surface area contributed by atoms with E-state index in [9.17, 15) is 17.6 Å². The van der Waals surface area contributed by atoms with Crippen LogP contribution in [0.25, 0.3) is 0 Å². The highest BCUT2D eigenvalue weighted by atomic mass is 32.2. The summed E-state index contributed by atoms with van der Waals surface area (Å²) in [6.07, 6.45) is 2.29. The largest absolute Gasteiger partial charge is 0.484 e. The van der Waals surface area contributed by atoms with Crippen LogP contribution in [-0.4, -0.2) is 32.2 Å². The van der Waals surface area contributed by atoms with Gasteiger partial charge in [0.1, 0.15) is 11.6 Å². The third-order valence-electron chi connectivity index (χ3n) is 2.58. The van der Waals surface area contributed by atoms with Gasteiger partial charge >= 0.3 is 0 Å². The number of nitrogens with one attached hydrogen (secondary N) is 1. The third kappa shape index (κ3) is 4.52. The van der Waals surface area contributed by atoms with Gasteiger partial charge in [-0.2, -0.15) is 0 Å². The summed E-state index contributed by atoms with van der Waals surface area (Å²) in [4.78, 5) is 15.4. The molecule has 0 atom stereocenters. The molecule has 0 saturated carbocycles. The maximum Gasteiger partial charge on any atom is 0.262 e. The number of carbonyl (C=O) groups excluding carboxylic acids is 1. The van der Waals surface area contributed by atoms with Crippen molar-refractivity contribution >= 4 is 21.4 Å². The number of benzene rings is 1. The summed E-state index contributed by atoms with van der Waals surface area (Å²) in [5.74, 6) is -0.478. The van der Waals surface area contributed by atoms with Crippen molar-refractivity contribution in [2.24, 2.45) is 0 Å². The highest BCUT2D eigenvalue weighted by Crippen LogP contribution is 2.12. The first-order valence-electron chi connectivity index (χ1n) is 6.19. The number of aromatic nitrogens is 1. The van der Waals surface area contributed by atoms with Crippen LogP contribution in [0.2, 0.25) is 0 Å². The second-order valence-corrected chi connectivity index (χ2v) is 6.41. The Morgan fingerprint density at radius 1 is 1.23 bits per heavy atom. The number of sulfone groups is 1. The second-order valence-electron chi connectivity index (χ2n) is 4.45. The molecule has 1 amide bonds. The monoisotopic (exact) mass is 324 g/mol.